The van der Waals surface area contributed by atoms with Crippen molar-refractivity contribution in [2.24, 2.45) is 0 Å². The molecule has 0 bridgehead atoms. The Labute approximate surface area is 136 Å². The summed E-state index contributed by atoms with van der Waals surface area (Å²) >= 11 is 0. The Morgan fingerprint density at radius 3 is 2.33 bits per heavy atom. The van der Waals surface area contributed by atoms with E-state index in [1.807, 2.05) is 0 Å². The van der Waals surface area contributed by atoms with E-state index in [2.05, 4.69) is 5.32 Å². The molecule has 1 aromatic carbocycles. The summed E-state index contributed by atoms with van der Waals surface area (Å²) in [7, 11) is 0. The van der Waals surface area contributed by atoms with Crippen LogP contribution in [0.15, 0.2) is 41.0 Å². The van der Waals surface area contributed by atoms with Crippen LogP contribution in [0.3, 0.4) is 0 Å². The molecule has 0 spiro atoms. The predicted octanol–water partition coefficient (Wildman–Crippen LogP) is 2.55. The standard InChI is InChI=1S/C16H15F2N3O3/c17-12-4-3-11(10-13(12)18)19-16(23)21-7-5-20(6-8-21)15(22)14-2-1-9-24-14/h1-4,9-10H,5-8H2,(H,19,23). The monoisotopic (exact) mass is 335 g/mol. The number of nitrogens with one attached hydrogen (secondary N) is 1. The first kappa shape index (κ1) is 16.0. The lowest BCUT2D eigenvalue weighted by Gasteiger charge is -2.34. The quantitative estimate of drug-likeness (QED) is 0.917. The molecular weight excluding hydrogens is 320 g/mol. The van der Waals surface area contributed by atoms with Crippen molar-refractivity contribution < 1.29 is 22.8 Å². The molecule has 6 nitrogen and oxygen atoms in total. The molecule has 8 heteroatoms. The predicted molar refractivity (Wildman–Crippen MR) is 81.6 cm³/mol. The summed E-state index contributed by atoms with van der Waals surface area (Å²) < 4.78 is 31.1. The average Bonchev–Trinajstić information content (AvgIpc) is 3.12. The highest BCUT2D eigenvalue weighted by molar-refractivity contribution is 5.92. The highest BCUT2D eigenvalue weighted by Gasteiger charge is 2.26. The SMILES string of the molecule is O=C(Nc1ccc(F)c(F)c1)N1CCN(C(=O)c2ccco2)CC1. The van der Waals surface area contributed by atoms with Crippen LogP contribution in [-0.4, -0.2) is 47.9 Å². The fourth-order valence-electron chi connectivity index (χ4n) is 2.45. The van der Waals surface area contributed by atoms with Gasteiger partial charge < -0.3 is 19.5 Å². The van der Waals surface area contributed by atoms with Crippen molar-refractivity contribution in [2.75, 3.05) is 31.5 Å². The number of benzene rings is 1. The molecule has 0 aliphatic carbocycles. The molecule has 1 aliphatic rings. The first-order valence-corrected chi connectivity index (χ1v) is 7.38. The number of nitrogens with zero attached hydrogens (tertiary/aromatic N) is 2. The van der Waals surface area contributed by atoms with Gasteiger partial charge in [-0.15, -0.1) is 0 Å². The number of furan rings is 1. The van der Waals surface area contributed by atoms with Crippen LogP contribution in [0.5, 0.6) is 0 Å². The molecule has 24 heavy (non-hydrogen) atoms. The van der Waals surface area contributed by atoms with E-state index in [0.29, 0.717) is 26.2 Å². The number of piperazine rings is 1. The van der Waals surface area contributed by atoms with Gasteiger partial charge in [-0.2, -0.15) is 0 Å². The molecule has 0 unspecified atom stereocenters. The first-order valence-electron chi connectivity index (χ1n) is 7.38. The van der Waals surface area contributed by atoms with Gasteiger partial charge in [-0.1, -0.05) is 0 Å². The van der Waals surface area contributed by atoms with Crippen LogP contribution in [0.4, 0.5) is 19.3 Å². The Balaban J connectivity index is 1.55. The first-order chi connectivity index (χ1) is 11.5. The molecular formula is C16H15F2N3O3. The molecule has 1 aromatic heterocycles. The fourth-order valence-corrected chi connectivity index (χ4v) is 2.45. The lowest BCUT2D eigenvalue weighted by molar-refractivity contribution is 0.0640. The second-order valence-electron chi connectivity index (χ2n) is 5.32. The highest BCUT2D eigenvalue weighted by atomic mass is 19.2. The minimum absolute atomic E-state index is 0.174. The number of carbonyl (C=O) groups excluding carboxylic acids is 2. The molecule has 0 saturated carbocycles. The molecule has 2 aromatic rings. The Morgan fingerprint density at radius 1 is 1.00 bits per heavy atom. The van der Waals surface area contributed by atoms with Gasteiger partial charge in [0, 0.05) is 37.9 Å². The molecule has 1 fully saturated rings. The van der Waals surface area contributed by atoms with E-state index in [-0.39, 0.29) is 17.4 Å². The van der Waals surface area contributed by atoms with Crippen molar-refractivity contribution in [3.05, 3.63) is 54.0 Å². The topological polar surface area (TPSA) is 65.8 Å². The van der Waals surface area contributed by atoms with E-state index in [0.717, 1.165) is 12.1 Å². The van der Waals surface area contributed by atoms with Gasteiger partial charge in [-0.3, -0.25) is 4.79 Å². The van der Waals surface area contributed by atoms with Gasteiger partial charge in [0.15, 0.2) is 17.4 Å². The van der Waals surface area contributed by atoms with Crippen molar-refractivity contribution in [1.29, 1.82) is 0 Å². The molecule has 126 valence electrons. The van der Waals surface area contributed by atoms with E-state index in [1.165, 1.54) is 17.2 Å². The molecule has 1 N–H and O–H groups in total. The van der Waals surface area contributed by atoms with Gasteiger partial charge in [0.25, 0.3) is 5.91 Å². The Kier molecular flexibility index (Phi) is 4.45. The van der Waals surface area contributed by atoms with E-state index in [9.17, 15) is 18.4 Å². The lowest BCUT2D eigenvalue weighted by Crippen LogP contribution is -2.51. The zero-order valence-corrected chi connectivity index (χ0v) is 12.7. The minimum atomic E-state index is -1.03. The molecule has 2 heterocycles. The van der Waals surface area contributed by atoms with Gasteiger partial charge in [0.1, 0.15) is 0 Å². The maximum absolute atomic E-state index is 13.2. The number of hydrogen-bond acceptors (Lipinski definition) is 3. The number of amides is 3. The minimum Gasteiger partial charge on any atom is -0.459 e. The van der Waals surface area contributed by atoms with Gasteiger partial charge in [-0.05, 0) is 24.3 Å². The number of carbonyl (C=O) groups is 2. The van der Waals surface area contributed by atoms with Crippen molar-refractivity contribution >= 4 is 17.6 Å². The third kappa shape index (κ3) is 3.37. The number of halogens is 2. The number of rotatable bonds is 2. The van der Waals surface area contributed by atoms with Crippen LogP contribution in [0.1, 0.15) is 10.6 Å². The van der Waals surface area contributed by atoms with E-state index in [4.69, 9.17) is 4.42 Å². The number of urea groups is 1. The summed E-state index contributed by atoms with van der Waals surface area (Å²) in [6, 6.07) is 5.96. The second kappa shape index (κ2) is 6.69. The van der Waals surface area contributed by atoms with Crippen LogP contribution in [-0.2, 0) is 0 Å². The van der Waals surface area contributed by atoms with Crippen molar-refractivity contribution in [2.45, 2.75) is 0 Å². The highest BCUT2D eigenvalue weighted by Crippen LogP contribution is 2.15. The molecule has 0 atom stereocenters. The summed E-state index contributed by atoms with van der Waals surface area (Å²) in [6.07, 6.45) is 1.43. The van der Waals surface area contributed by atoms with Crippen LogP contribution in [0.25, 0.3) is 0 Å². The van der Waals surface area contributed by atoms with Crippen LogP contribution >= 0.6 is 0 Å². The summed E-state index contributed by atoms with van der Waals surface area (Å²) in [5.74, 6) is -1.96. The largest absolute Gasteiger partial charge is 0.459 e. The van der Waals surface area contributed by atoms with Gasteiger partial charge in [0.2, 0.25) is 0 Å². The summed E-state index contributed by atoms with van der Waals surface area (Å²) in [6.45, 7) is 1.40. The Hall–Kier alpha value is -2.90. The maximum atomic E-state index is 13.2. The molecule has 3 rings (SSSR count). The van der Waals surface area contributed by atoms with Crippen molar-refractivity contribution in [3.8, 4) is 0 Å². The molecule has 1 saturated heterocycles. The molecule has 3 amide bonds. The molecule has 1 aliphatic heterocycles. The van der Waals surface area contributed by atoms with Gasteiger partial charge >= 0.3 is 6.03 Å². The number of anilines is 1. The Bertz CT molecular complexity index is 741. The average molecular weight is 335 g/mol. The van der Waals surface area contributed by atoms with Gasteiger partial charge in [0.05, 0.1) is 6.26 Å². The number of hydrogen-bond donors (Lipinski definition) is 1. The van der Waals surface area contributed by atoms with E-state index >= 15 is 0 Å². The maximum Gasteiger partial charge on any atom is 0.321 e. The summed E-state index contributed by atoms with van der Waals surface area (Å²) in [5, 5.41) is 2.51. The Morgan fingerprint density at radius 2 is 1.71 bits per heavy atom. The van der Waals surface area contributed by atoms with E-state index < -0.39 is 17.7 Å². The third-order valence-electron chi connectivity index (χ3n) is 3.76. The summed E-state index contributed by atoms with van der Waals surface area (Å²) in [5.41, 5.74) is 0.174. The third-order valence-corrected chi connectivity index (χ3v) is 3.76. The summed E-state index contributed by atoms with van der Waals surface area (Å²) in [4.78, 5) is 27.4. The second-order valence-corrected chi connectivity index (χ2v) is 5.32. The molecule has 0 radical (unpaired) electrons. The smallest absolute Gasteiger partial charge is 0.321 e. The lowest BCUT2D eigenvalue weighted by atomic mass is 10.3. The van der Waals surface area contributed by atoms with Gasteiger partial charge in [-0.25, -0.2) is 13.6 Å². The van der Waals surface area contributed by atoms with E-state index in [1.54, 1.807) is 17.0 Å². The van der Waals surface area contributed by atoms with Crippen LogP contribution in [0, 0.1) is 11.6 Å². The van der Waals surface area contributed by atoms with Crippen LogP contribution < -0.4 is 5.32 Å². The van der Waals surface area contributed by atoms with Crippen LogP contribution in [0.2, 0.25) is 0 Å². The fraction of sp³-hybridized carbons (Fsp3) is 0.250. The normalized spacial score (nSPS) is 14.6. The zero-order valence-electron chi connectivity index (χ0n) is 12.7. The zero-order chi connectivity index (χ0) is 17.1. The van der Waals surface area contributed by atoms with Crippen molar-refractivity contribution in [3.63, 3.8) is 0 Å². The van der Waals surface area contributed by atoms with Crippen molar-refractivity contribution in [1.82, 2.24) is 9.80 Å².